The SMILES string of the molecule is CC1CC(CN)CN1C(=O)c1ccc(Br)s1. The fraction of sp³-hybridized carbons (Fsp3) is 0.545. The summed E-state index contributed by atoms with van der Waals surface area (Å²) in [6.45, 7) is 3.56. The van der Waals surface area contributed by atoms with E-state index in [-0.39, 0.29) is 5.91 Å². The van der Waals surface area contributed by atoms with Crippen molar-refractivity contribution in [3.05, 3.63) is 20.8 Å². The van der Waals surface area contributed by atoms with Gasteiger partial charge in [0.1, 0.15) is 0 Å². The lowest BCUT2D eigenvalue weighted by molar-refractivity contribution is 0.0748. The first kappa shape index (κ1) is 12.1. The lowest BCUT2D eigenvalue weighted by atomic mass is 10.1. The van der Waals surface area contributed by atoms with Crippen LogP contribution >= 0.6 is 27.3 Å². The van der Waals surface area contributed by atoms with Crippen molar-refractivity contribution in [1.82, 2.24) is 4.90 Å². The predicted molar refractivity (Wildman–Crippen MR) is 69.7 cm³/mol. The van der Waals surface area contributed by atoms with Gasteiger partial charge in [0.2, 0.25) is 0 Å². The molecule has 1 saturated heterocycles. The summed E-state index contributed by atoms with van der Waals surface area (Å²) in [6.07, 6.45) is 1.02. The fourth-order valence-corrected chi connectivity index (χ4v) is 3.51. The summed E-state index contributed by atoms with van der Waals surface area (Å²) in [5.74, 6) is 0.599. The first-order valence-corrected chi connectivity index (χ1v) is 6.99. The molecule has 2 N–H and O–H groups in total. The zero-order valence-corrected chi connectivity index (χ0v) is 11.6. The van der Waals surface area contributed by atoms with Crippen molar-refractivity contribution in [1.29, 1.82) is 0 Å². The minimum Gasteiger partial charge on any atom is -0.335 e. The van der Waals surface area contributed by atoms with Gasteiger partial charge in [-0.3, -0.25) is 4.79 Å². The van der Waals surface area contributed by atoms with Crippen molar-refractivity contribution in [3.63, 3.8) is 0 Å². The molecule has 0 bridgehead atoms. The first-order valence-electron chi connectivity index (χ1n) is 5.38. The highest BCUT2D eigenvalue weighted by atomic mass is 79.9. The summed E-state index contributed by atoms with van der Waals surface area (Å²) in [6, 6.07) is 4.10. The minimum absolute atomic E-state index is 0.138. The maximum Gasteiger partial charge on any atom is 0.264 e. The molecule has 16 heavy (non-hydrogen) atoms. The van der Waals surface area contributed by atoms with Gasteiger partial charge in [0, 0.05) is 12.6 Å². The molecule has 2 rings (SSSR count). The zero-order valence-electron chi connectivity index (χ0n) is 9.15. The minimum atomic E-state index is 0.138. The van der Waals surface area contributed by atoms with Crippen LogP contribution in [-0.4, -0.2) is 29.9 Å². The van der Waals surface area contributed by atoms with E-state index >= 15 is 0 Å². The number of likely N-dealkylation sites (tertiary alicyclic amines) is 1. The standard InChI is InChI=1S/C11H15BrN2OS/c1-7-4-8(5-13)6-14(7)11(15)9-2-3-10(12)16-9/h2-3,7-8H,4-6,13H2,1H3. The van der Waals surface area contributed by atoms with E-state index in [1.54, 1.807) is 0 Å². The summed E-state index contributed by atoms with van der Waals surface area (Å²) in [5.41, 5.74) is 5.66. The highest BCUT2D eigenvalue weighted by molar-refractivity contribution is 9.11. The molecule has 1 amide bonds. The second-order valence-electron chi connectivity index (χ2n) is 4.25. The van der Waals surface area contributed by atoms with Crippen LogP contribution < -0.4 is 5.73 Å². The third-order valence-electron chi connectivity index (χ3n) is 3.04. The molecule has 1 aromatic rings. The molecule has 2 heterocycles. The highest BCUT2D eigenvalue weighted by Gasteiger charge is 2.32. The van der Waals surface area contributed by atoms with Crippen molar-refractivity contribution in [2.75, 3.05) is 13.1 Å². The van der Waals surface area contributed by atoms with Crippen molar-refractivity contribution >= 4 is 33.2 Å². The molecular formula is C11H15BrN2OS. The van der Waals surface area contributed by atoms with Gasteiger partial charge >= 0.3 is 0 Å². The number of halogens is 1. The van der Waals surface area contributed by atoms with E-state index in [2.05, 4.69) is 22.9 Å². The van der Waals surface area contributed by atoms with Gasteiger partial charge in [-0.1, -0.05) is 0 Å². The largest absolute Gasteiger partial charge is 0.335 e. The van der Waals surface area contributed by atoms with Gasteiger partial charge in [-0.25, -0.2) is 0 Å². The summed E-state index contributed by atoms with van der Waals surface area (Å²) >= 11 is 4.87. The molecule has 5 heteroatoms. The van der Waals surface area contributed by atoms with Crippen LogP contribution in [0.25, 0.3) is 0 Å². The van der Waals surface area contributed by atoms with E-state index in [9.17, 15) is 4.79 Å². The smallest absolute Gasteiger partial charge is 0.264 e. The molecule has 1 fully saturated rings. The van der Waals surface area contributed by atoms with Gasteiger partial charge < -0.3 is 10.6 Å². The van der Waals surface area contributed by atoms with E-state index in [0.717, 1.165) is 21.6 Å². The van der Waals surface area contributed by atoms with E-state index in [1.807, 2.05) is 17.0 Å². The maximum atomic E-state index is 12.2. The van der Waals surface area contributed by atoms with Gasteiger partial charge in [-0.2, -0.15) is 0 Å². The summed E-state index contributed by atoms with van der Waals surface area (Å²) < 4.78 is 0.998. The topological polar surface area (TPSA) is 46.3 Å². The number of thiophene rings is 1. The Morgan fingerprint density at radius 3 is 2.94 bits per heavy atom. The molecule has 0 spiro atoms. The van der Waals surface area contributed by atoms with Crippen molar-refractivity contribution in [3.8, 4) is 0 Å². The fourth-order valence-electron chi connectivity index (χ4n) is 2.17. The first-order chi connectivity index (χ1) is 7.61. The molecule has 0 aliphatic carbocycles. The number of hydrogen-bond acceptors (Lipinski definition) is 3. The van der Waals surface area contributed by atoms with Crippen LogP contribution in [0.5, 0.6) is 0 Å². The second kappa shape index (κ2) is 4.85. The third-order valence-corrected chi connectivity index (χ3v) is 4.65. The van der Waals surface area contributed by atoms with Gasteiger partial charge in [-0.05, 0) is 53.9 Å². The summed E-state index contributed by atoms with van der Waals surface area (Å²) in [7, 11) is 0. The van der Waals surface area contributed by atoms with Gasteiger partial charge in [0.15, 0.2) is 0 Å². The van der Waals surface area contributed by atoms with E-state index < -0.39 is 0 Å². The molecule has 0 aromatic carbocycles. The predicted octanol–water partition coefficient (Wildman–Crippen LogP) is 2.32. The molecule has 2 unspecified atom stereocenters. The monoisotopic (exact) mass is 302 g/mol. The highest BCUT2D eigenvalue weighted by Crippen LogP contribution is 2.28. The number of hydrogen-bond donors (Lipinski definition) is 1. The average molecular weight is 303 g/mol. The van der Waals surface area contributed by atoms with Gasteiger partial charge in [0.25, 0.3) is 5.91 Å². The maximum absolute atomic E-state index is 12.2. The van der Waals surface area contributed by atoms with Crippen LogP contribution in [0.1, 0.15) is 23.0 Å². The van der Waals surface area contributed by atoms with Crippen LogP contribution in [-0.2, 0) is 0 Å². The second-order valence-corrected chi connectivity index (χ2v) is 6.71. The number of carbonyl (C=O) groups is 1. The lowest BCUT2D eigenvalue weighted by Crippen LogP contribution is -2.33. The number of carbonyl (C=O) groups excluding carboxylic acids is 1. The molecule has 1 aromatic heterocycles. The van der Waals surface area contributed by atoms with Crippen LogP contribution in [0.3, 0.4) is 0 Å². The molecule has 2 atom stereocenters. The Morgan fingerprint density at radius 2 is 2.44 bits per heavy atom. The molecule has 1 aliphatic heterocycles. The Hall–Kier alpha value is -0.390. The van der Waals surface area contributed by atoms with E-state index in [0.29, 0.717) is 18.5 Å². The lowest BCUT2D eigenvalue weighted by Gasteiger charge is -2.20. The Balaban J connectivity index is 2.11. The van der Waals surface area contributed by atoms with Crippen molar-refractivity contribution in [2.24, 2.45) is 11.7 Å². The van der Waals surface area contributed by atoms with Crippen LogP contribution in [0, 0.1) is 5.92 Å². The van der Waals surface area contributed by atoms with Gasteiger partial charge in [-0.15, -0.1) is 11.3 Å². The number of amides is 1. The van der Waals surface area contributed by atoms with E-state index in [4.69, 9.17) is 5.73 Å². The Kier molecular flexibility index (Phi) is 3.66. The van der Waals surface area contributed by atoms with Crippen LogP contribution in [0.4, 0.5) is 0 Å². The average Bonchev–Trinajstić information content (AvgIpc) is 2.83. The molecule has 0 saturated carbocycles. The Labute approximate surface area is 108 Å². The van der Waals surface area contributed by atoms with Gasteiger partial charge in [0.05, 0.1) is 8.66 Å². The Morgan fingerprint density at radius 1 is 1.69 bits per heavy atom. The zero-order chi connectivity index (χ0) is 11.7. The van der Waals surface area contributed by atoms with Crippen LogP contribution in [0.2, 0.25) is 0 Å². The summed E-state index contributed by atoms with van der Waals surface area (Å²) in [4.78, 5) is 14.9. The van der Waals surface area contributed by atoms with Crippen LogP contribution in [0.15, 0.2) is 15.9 Å². The van der Waals surface area contributed by atoms with Crippen molar-refractivity contribution in [2.45, 2.75) is 19.4 Å². The quantitative estimate of drug-likeness (QED) is 0.911. The number of nitrogens with zero attached hydrogens (tertiary/aromatic N) is 1. The number of rotatable bonds is 2. The molecule has 1 aliphatic rings. The molecule has 3 nitrogen and oxygen atoms in total. The third kappa shape index (κ3) is 2.31. The summed E-state index contributed by atoms with van der Waals surface area (Å²) in [5, 5.41) is 0. The Bertz CT molecular complexity index is 393. The molecule has 0 radical (unpaired) electrons. The molecule has 88 valence electrons. The van der Waals surface area contributed by atoms with E-state index in [1.165, 1.54) is 11.3 Å². The normalized spacial score (nSPS) is 25.1. The van der Waals surface area contributed by atoms with Crippen molar-refractivity contribution < 1.29 is 4.79 Å². The molecular weight excluding hydrogens is 288 g/mol. The number of nitrogens with two attached hydrogens (primary N) is 1.